The zero-order valence-electron chi connectivity index (χ0n) is 10.6. The highest BCUT2D eigenvalue weighted by atomic mass is 32.2. The van der Waals surface area contributed by atoms with Gasteiger partial charge in [-0.2, -0.15) is 4.31 Å². The van der Waals surface area contributed by atoms with E-state index in [1.54, 1.807) is 0 Å². The van der Waals surface area contributed by atoms with Gasteiger partial charge in [0.1, 0.15) is 4.90 Å². The Morgan fingerprint density at radius 3 is 2.39 bits per heavy atom. The first-order valence-electron chi connectivity index (χ1n) is 5.85. The van der Waals surface area contributed by atoms with E-state index in [0.29, 0.717) is 13.1 Å². The third-order valence-electron chi connectivity index (χ3n) is 2.51. The summed E-state index contributed by atoms with van der Waals surface area (Å²) in [5.41, 5.74) is 2.25. The van der Waals surface area contributed by atoms with Gasteiger partial charge in [-0.25, -0.2) is 24.2 Å². The number of aromatic nitrogens is 2. The van der Waals surface area contributed by atoms with Crippen molar-refractivity contribution in [3.8, 4) is 0 Å². The lowest BCUT2D eigenvalue weighted by molar-refractivity contribution is 0.418. The molecule has 0 radical (unpaired) electrons. The summed E-state index contributed by atoms with van der Waals surface area (Å²) in [4.78, 5) is 7.70. The van der Waals surface area contributed by atoms with Gasteiger partial charge < -0.3 is 0 Å². The van der Waals surface area contributed by atoms with Crippen LogP contribution in [-0.2, 0) is 10.0 Å². The van der Waals surface area contributed by atoms with Crippen LogP contribution in [0.5, 0.6) is 0 Å². The number of nitrogens with two attached hydrogens (primary N) is 1. The monoisotopic (exact) mass is 273 g/mol. The fourth-order valence-corrected chi connectivity index (χ4v) is 2.84. The van der Waals surface area contributed by atoms with Gasteiger partial charge in [-0.1, -0.05) is 20.3 Å². The van der Waals surface area contributed by atoms with Crippen LogP contribution in [0.3, 0.4) is 0 Å². The van der Waals surface area contributed by atoms with Crippen molar-refractivity contribution in [2.75, 3.05) is 18.5 Å². The number of rotatable bonds is 7. The third-order valence-corrected chi connectivity index (χ3v) is 4.44. The largest absolute Gasteiger partial charge is 0.292 e. The van der Waals surface area contributed by atoms with Gasteiger partial charge in [-0.05, 0) is 6.42 Å². The van der Waals surface area contributed by atoms with Gasteiger partial charge in [0.05, 0.1) is 12.4 Å². The molecule has 102 valence electrons. The second-order valence-electron chi connectivity index (χ2n) is 3.74. The van der Waals surface area contributed by atoms with Crippen molar-refractivity contribution in [3.63, 3.8) is 0 Å². The molecule has 0 saturated heterocycles. The fraction of sp³-hybridized carbons (Fsp3) is 0.600. The molecule has 0 aliphatic rings. The topological polar surface area (TPSA) is 101 Å². The Bertz CT molecular complexity index is 460. The molecule has 0 atom stereocenters. The molecule has 0 amide bonds. The SMILES string of the molecule is CCCCN(CC)S(=O)(=O)c1cnc(NN)nc1. The average molecular weight is 273 g/mol. The zero-order valence-corrected chi connectivity index (χ0v) is 11.4. The highest BCUT2D eigenvalue weighted by Crippen LogP contribution is 2.14. The van der Waals surface area contributed by atoms with Crippen LogP contribution < -0.4 is 11.3 Å². The number of hydrazine groups is 1. The van der Waals surface area contributed by atoms with Gasteiger partial charge in [-0.15, -0.1) is 0 Å². The maximum Gasteiger partial charge on any atom is 0.246 e. The summed E-state index contributed by atoms with van der Waals surface area (Å²) in [5.74, 6) is 5.31. The van der Waals surface area contributed by atoms with Crippen molar-refractivity contribution in [1.29, 1.82) is 0 Å². The lowest BCUT2D eigenvalue weighted by atomic mass is 10.3. The van der Waals surface area contributed by atoms with E-state index < -0.39 is 10.0 Å². The Balaban J connectivity index is 2.95. The molecule has 3 N–H and O–H groups in total. The molecule has 0 spiro atoms. The number of anilines is 1. The lowest BCUT2D eigenvalue weighted by Crippen LogP contribution is -2.32. The number of sulfonamides is 1. The van der Waals surface area contributed by atoms with E-state index in [2.05, 4.69) is 15.4 Å². The van der Waals surface area contributed by atoms with Crippen LogP contribution in [0.1, 0.15) is 26.7 Å². The summed E-state index contributed by atoms with van der Waals surface area (Å²) in [6.07, 6.45) is 4.28. The highest BCUT2D eigenvalue weighted by molar-refractivity contribution is 7.89. The molecule has 0 bridgehead atoms. The maximum absolute atomic E-state index is 12.3. The number of nitrogen functional groups attached to an aromatic ring is 1. The molecule has 0 fully saturated rings. The number of hydrogen-bond donors (Lipinski definition) is 2. The molecular formula is C10H19N5O2S. The minimum atomic E-state index is -3.51. The first kappa shape index (κ1) is 14.8. The smallest absolute Gasteiger partial charge is 0.246 e. The first-order valence-corrected chi connectivity index (χ1v) is 7.29. The molecule has 1 aromatic heterocycles. The Hall–Kier alpha value is -1.25. The molecule has 0 aromatic carbocycles. The molecule has 1 aromatic rings. The van der Waals surface area contributed by atoms with Crippen molar-refractivity contribution in [3.05, 3.63) is 12.4 Å². The Morgan fingerprint density at radius 2 is 1.94 bits per heavy atom. The third kappa shape index (κ3) is 3.37. The molecule has 0 unspecified atom stereocenters. The maximum atomic E-state index is 12.3. The van der Waals surface area contributed by atoms with Crippen molar-refractivity contribution >= 4 is 16.0 Å². The van der Waals surface area contributed by atoms with Crippen LogP contribution in [0.25, 0.3) is 0 Å². The Labute approximate surface area is 107 Å². The Kier molecular flexibility index (Phi) is 5.45. The normalized spacial score (nSPS) is 11.8. The molecule has 18 heavy (non-hydrogen) atoms. The van der Waals surface area contributed by atoms with E-state index in [-0.39, 0.29) is 10.8 Å². The number of nitrogens with zero attached hydrogens (tertiary/aromatic N) is 3. The van der Waals surface area contributed by atoms with E-state index in [1.165, 1.54) is 16.7 Å². The van der Waals surface area contributed by atoms with Crippen molar-refractivity contribution in [2.45, 2.75) is 31.6 Å². The predicted octanol–water partition coefficient (Wildman–Crippen LogP) is 0.573. The number of nitrogens with one attached hydrogen (secondary N) is 1. The summed E-state index contributed by atoms with van der Waals surface area (Å²) in [5, 5.41) is 0. The van der Waals surface area contributed by atoms with Crippen LogP contribution in [0, 0.1) is 0 Å². The standard InChI is InChI=1S/C10H19N5O2S/c1-3-5-6-15(4-2)18(16,17)9-7-12-10(14-11)13-8-9/h7-8H,3-6,11H2,1-2H3,(H,12,13,14). The molecule has 7 nitrogen and oxygen atoms in total. The van der Waals surface area contributed by atoms with Gasteiger partial charge in [0, 0.05) is 13.1 Å². The molecule has 0 aliphatic carbocycles. The van der Waals surface area contributed by atoms with Gasteiger partial charge in [-0.3, -0.25) is 5.43 Å². The van der Waals surface area contributed by atoms with E-state index in [0.717, 1.165) is 12.8 Å². The van der Waals surface area contributed by atoms with Gasteiger partial charge >= 0.3 is 0 Å². The summed E-state index contributed by atoms with van der Waals surface area (Å²) >= 11 is 0. The first-order chi connectivity index (χ1) is 8.56. The van der Waals surface area contributed by atoms with Crippen LogP contribution in [-0.4, -0.2) is 35.8 Å². The molecule has 0 aliphatic heterocycles. The minimum Gasteiger partial charge on any atom is -0.292 e. The summed E-state index contributed by atoms with van der Waals surface area (Å²) in [6, 6.07) is 0. The van der Waals surface area contributed by atoms with E-state index in [9.17, 15) is 8.42 Å². The summed E-state index contributed by atoms with van der Waals surface area (Å²) in [7, 11) is -3.51. The molecule has 1 rings (SSSR count). The summed E-state index contributed by atoms with van der Waals surface area (Å²) in [6.45, 7) is 4.76. The number of unbranched alkanes of at least 4 members (excludes halogenated alkanes) is 1. The van der Waals surface area contributed by atoms with Crippen LogP contribution >= 0.6 is 0 Å². The van der Waals surface area contributed by atoms with Gasteiger partial charge in [0.2, 0.25) is 16.0 Å². The van der Waals surface area contributed by atoms with Crippen molar-refractivity contribution in [2.24, 2.45) is 5.84 Å². The van der Waals surface area contributed by atoms with Crippen LogP contribution in [0.15, 0.2) is 17.3 Å². The molecular weight excluding hydrogens is 254 g/mol. The minimum absolute atomic E-state index is 0.0828. The van der Waals surface area contributed by atoms with E-state index in [1.807, 2.05) is 13.8 Å². The van der Waals surface area contributed by atoms with Crippen LogP contribution in [0.4, 0.5) is 5.95 Å². The van der Waals surface area contributed by atoms with E-state index in [4.69, 9.17) is 5.84 Å². The van der Waals surface area contributed by atoms with E-state index >= 15 is 0 Å². The predicted molar refractivity (Wildman–Crippen MR) is 69.2 cm³/mol. The van der Waals surface area contributed by atoms with Crippen molar-refractivity contribution in [1.82, 2.24) is 14.3 Å². The number of hydrogen-bond acceptors (Lipinski definition) is 6. The molecule has 8 heteroatoms. The second-order valence-corrected chi connectivity index (χ2v) is 5.67. The Morgan fingerprint density at radius 1 is 1.33 bits per heavy atom. The zero-order chi connectivity index (χ0) is 13.6. The molecule has 0 saturated carbocycles. The quantitative estimate of drug-likeness (QED) is 0.556. The van der Waals surface area contributed by atoms with Crippen molar-refractivity contribution < 1.29 is 8.42 Å². The lowest BCUT2D eigenvalue weighted by Gasteiger charge is -2.19. The highest BCUT2D eigenvalue weighted by Gasteiger charge is 2.23. The fourth-order valence-electron chi connectivity index (χ4n) is 1.46. The van der Waals surface area contributed by atoms with Gasteiger partial charge in [0.25, 0.3) is 0 Å². The van der Waals surface area contributed by atoms with Crippen LogP contribution in [0.2, 0.25) is 0 Å². The average Bonchev–Trinajstić information content (AvgIpc) is 2.39. The summed E-state index contributed by atoms with van der Waals surface area (Å²) < 4.78 is 25.9. The molecule has 1 heterocycles. The van der Waals surface area contributed by atoms with Gasteiger partial charge in [0.15, 0.2) is 0 Å². The second kappa shape index (κ2) is 6.62.